The van der Waals surface area contributed by atoms with Gasteiger partial charge in [-0.25, -0.2) is 4.79 Å². The van der Waals surface area contributed by atoms with Crippen molar-refractivity contribution in [3.8, 4) is 0 Å². The minimum absolute atomic E-state index is 0.0759. The Morgan fingerprint density at radius 2 is 2.08 bits per heavy atom. The van der Waals surface area contributed by atoms with Crippen LogP contribution in [0.5, 0.6) is 0 Å². The van der Waals surface area contributed by atoms with Crippen molar-refractivity contribution in [3.05, 3.63) is 64.1 Å². The fourth-order valence-corrected chi connectivity index (χ4v) is 4.42. The first-order valence-electron chi connectivity index (χ1n) is 8.08. The van der Waals surface area contributed by atoms with Gasteiger partial charge in [0.2, 0.25) is 0 Å². The van der Waals surface area contributed by atoms with Gasteiger partial charge in [0.15, 0.2) is 0 Å². The van der Waals surface area contributed by atoms with E-state index in [1.807, 2.05) is 53.9 Å². The van der Waals surface area contributed by atoms with Crippen molar-refractivity contribution in [2.45, 2.75) is 30.9 Å². The number of benzene rings is 2. The second-order valence-electron chi connectivity index (χ2n) is 5.66. The minimum Gasteiger partial charge on any atom is -0.445 e. The van der Waals surface area contributed by atoms with Gasteiger partial charge in [0.1, 0.15) is 6.61 Å². The molecule has 0 fully saturated rings. The van der Waals surface area contributed by atoms with Crippen molar-refractivity contribution >= 4 is 33.8 Å². The highest BCUT2D eigenvalue weighted by Gasteiger charge is 2.29. The number of halogens is 1. The summed E-state index contributed by atoms with van der Waals surface area (Å²) in [6.45, 7) is 2.95. The Morgan fingerprint density at radius 3 is 2.83 bits per heavy atom. The second kappa shape index (κ2) is 8.08. The summed E-state index contributed by atoms with van der Waals surface area (Å²) in [5, 5.41) is 0. The number of hydrogen-bond donors (Lipinski definition) is 0. The van der Waals surface area contributed by atoms with Crippen molar-refractivity contribution in [1.82, 2.24) is 4.90 Å². The van der Waals surface area contributed by atoms with E-state index in [1.54, 1.807) is 0 Å². The number of amides is 1. The summed E-state index contributed by atoms with van der Waals surface area (Å²) in [4.78, 5) is 15.7. The molecule has 2 aromatic rings. The molecule has 0 bridgehead atoms. The van der Waals surface area contributed by atoms with Gasteiger partial charge in [0, 0.05) is 21.7 Å². The van der Waals surface area contributed by atoms with Gasteiger partial charge in [0.05, 0.1) is 6.04 Å². The standard InChI is InChI=1S/C19H20BrNO2S/c1-2-21(19(22)23-13-14-6-4-3-5-7-14)17-10-11-24-18-9-8-15(20)12-16(17)18/h3-9,12,17H,2,10-11,13H2,1H3. The number of fused-ring (bicyclic) bond motifs is 1. The van der Waals surface area contributed by atoms with Crippen LogP contribution in [0.1, 0.15) is 30.5 Å². The average Bonchev–Trinajstić information content (AvgIpc) is 2.62. The highest BCUT2D eigenvalue weighted by atomic mass is 79.9. The molecule has 1 heterocycles. The van der Waals surface area contributed by atoms with Crippen LogP contribution in [0.3, 0.4) is 0 Å². The van der Waals surface area contributed by atoms with Crippen LogP contribution in [0.25, 0.3) is 0 Å². The van der Waals surface area contributed by atoms with Gasteiger partial charge in [-0.15, -0.1) is 11.8 Å². The monoisotopic (exact) mass is 405 g/mol. The molecule has 0 aromatic heterocycles. The van der Waals surface area contributed by atoms with E-state index in [1.165, 1.54) is 10.5 Å². The normalized spacial score (nSPS) is 16.3. The highest BCUT2D eigenvalue weighted by molar-refractivity contribution is 9.10. The Balaban J connectivity index is 1.74. The molecule has 3 rings (SSSR count). The Labute approximate surface area is 155 Å². The maximum Gasteiger partial charge on any atom is 0.410 e. The number of carbonyl (C=O) groups excluding carboxylic acids is 1. The summed E-state index contributed by atoms with van der Waals surface area (Å²) in [5.41, 5.74) is 2.21. The molecule has 24 heavy (non-hydrogen) atoms. The van der Waals surface area contributed by atoms with Crippen molar-refractivity contribution in [1.29, 1.82) is 0 Å². The van der Waals surface area contributed by atoms with Gasteiger partial charge >= 0.3 is 6.09 Å². The number of rotatable bonds is 4. The number of hydrogen-bond acceptors (Lipinski definition) is 3. The summed E-state index contributed by atoms with van der Waals surface area (Å²) in [6.07, 6.45) is 0.701. The van der Waals surface area contributed by atoms with E-state index < -0.39 is 0 Å². The van der Waals surface area contributed by atoms with E-state index in [0.717, 1.165) is 22.2 Å². The Morgan fingerprint density at radius 1 is 1.29 bits per heavy atom. The largest absolute Gasteiger partial charge is 0.445 e. The number of carbonyl (C=O) groups is 1. The fraction of sp³-hybridized carbons (Fsp3) is 0.316. The van der Waals surface area contributed by atoms with E-state index in [0.29, 0.717) is 13.2 Å². The van der Waals surface area contributed by atoms with E-state index >= 15 is 0 Å². The van der Waals surface area contributed by atoms with Crippen LogP contribution in [0.2, 0.25) is 0 Å². The molecule has 1 aliphatic heterocycles. The Hall–Kier alpha value is -1.46. The van der Waals surface area contributed by atoms with Gasteiger partial charge in [-0.3, -0.25) is 0 Å². The van der Waals surface area contributed by atoms with Crippen LogP contribution in [0.4, 0.5) is 4.79 Å². The van der Waals surface area contributed by atoms with Crippen molar-refractivity contribution in [2.24, 2.45) is 0 Å². The third-order valence-electron chi connectivity index (χ3n) is 4.14. The Bertz CT molecular complexity index is 708. The molecule has 126 valence electrons. The molecule has 1 atom stereocenters. The summed E-state index contributed by atoms with van der Waals surface area (Å²) < 4.78 is 6.59. The van der Waals surface area contributed by atoms with Crippen LogP contribution >= 0.6 is 27.7 Å². The lowest BCUT2D eigenvalue weighted by atomic mass is 10.0. The van der Waals surface area contributed by atoms with Crippen LogP contribution in [0, 0.1) is 0 Å². The van der Waals surface area contributed by atoms with Crippen LogP contribution in [0.15, 0.2) is 57.9 Å². The topological polar surface area (TPSA) is 29.5 Å². The Kier molecular flexibility index (Phi) is 5.85. The quantitative estimate of drug-likeness (QED) is 0.658. The summed E-state index contributed by atoms with van der Waals surface area (Å²) in [6, 6.07) is 16.2. The molecule has 0 saturated heterocycles. The summed E-state index contributed by atoms with van der Waals surface area (Å²) in [7, 11) is 0. The molecular weight excluding hydrogens is 386 g/mol. The van der Waals surface area contributed by atoms with E-state index in [2.05, 4.69) is 34.1 Å². The summed E-state index contributed by atoms with van der Waals surface area (Å²) >= 11 is 5.39. The molecule has 0 aliphatic carbocycles. The predicted molar refractivity (Wildman–Crippen MR) is 101 cm³/mol. The van der Waals surface area contributed by atoms with E-state index in [4.69, 9.17) is 4.74 Å². The third kappa shape index (κ3) is 3.95. The van der Waals surface area contributed by atoms with Gasteiger partial charge < -0.3 is 9.64 Å². The van der Waals surface area contributed by atoms with Gasteiger partial charge in [0.25, 0.3) is 0 Å². The maximum atomic E-state index is 12.6. The van der Waals surface area contributed by atoms with E-state index in [9.17, 15) is 4.79 Å². The molecule has 1 unspecified atom stereocenters. The second-order valence-corrected chi connectivity index (χ2v) is 7.71. The van der Waals surface area contributed by atoms with Crippen molar-refractivity contribution in [2.75, 3.05) is 12.3 Å². The van der Waals surface area contributed by atoms with Gasteiger partial charge in [-0.1, -0.05) is 46.3 Å². The summed E-state index contributed by atoms with van der Waals surface area (Å²) in [5.74, 6) is 1.02. The smallest absolute Gasteiger partial charge is 0.410 e. The lowest BCUT2D eigenvalue weighted by molar-refractivity contribution is 0.0808. The molecule has 0 radical (unpaired) electrons. The first-order valence-corrected chi connectivity index (χ1v) is 9.86. The lowest BCUT2D eigenvalue weighted by Crippen LogP contribution is -2.36. The molecule has 0 saturated carbocycles. The molecule has 0 spiro atoms. The molecule has 5 heteroatoms. The zero-order valence-corrected chi connectivity index (χ0v) is 16.0. The lowest BCUT2D eigenvalue weighted by Gasteiger charge is -2.34. The van der Waals surface area contributed by atoms with Crippen molar-refractivity contribution in [3.63, 3.8) is 0 Å². The van der Waals surface area contributed by atoms with Crippen LogP contribution in [-0.4, -0.2) is 23.3 Å². The number of thioether (sulfide) groups is 1. The molecular formula is C19H20BrNO2S. The maximum absolute atomic E-state index is 12.6. The minimum atomic E-state index is -0.246. The fourth-order valence-electron chi connectivity index (χ4n) is 2.95. The molecule has 2 aromatic carbocycles. The first kappa shape index (κ1) is 17.4. The molecule has 0 N–H and O–H groups in total. The molecule has 1 amide bonds. The van der Waals surface area contributed by atoms with Crippen LogP contribution < -0.4 is 0 Å². The molecule has 3 nitrogen and oxygen atoms in total. The highest BCUT2D eigenvalue weighted by Crippen LogP contribution is 2.40. The van der Waals surface area contributed by atoms with Gasteiger partial charge in [-0.05, 0) is 42.7 Å². The average molecular weight is 406 g/mol. The molecule has 1 aliphatic rings. The number of nitrogens with zero attached hydrogens (tertiary/aromatic N) is 1. The zero-order chi connectivity index (χ0) is 16.9. The third-order valence-corrected chi connectivity index (χ3v) is 5.75. The zero-order valence-electron chi connectivity index (χ0n) is 13.6. The SMILES string of the molecule is CCN(C(=O)OCc1ccccc1)C1CCSc2ccc(Br)cc21. The predicted octanol–water partition coefficient (Wildman–Crippen LogP) is 5.64. The van der Waals surface area contributed by atoms with Crippen LogP contribution in [-0.2, 0) is 11.3 Å². The number of ether oxygens (including phenoxy) is 1. The van der Waals surface area contributed by atoms with E-state index in [-0.39, 0.29) is 12.1 Å². The van der Waals surface area contributed by atoms with Crippen molar-refractivity contribution < 1.29 is 9.53 Å². The first-order chi connectivity index (χ1) is 11.7. The van der Waals surface area contributed by atoms with Gasteiger partial charge in [-0.2, -0.15) is 0 Å².